The van der Waals surface area contributed by atoms with Gasteiger partial charge < -0.3 is 20.4 Å². The number of nitrogens with zero attached hydrogens (tertiary/aromatic N) is 1. The van der Waals surface area contributed by atoms with E-state index in [-0.39, 0.29) is 6.04 Å². The lowest BCUT2D eigenvalue weighted by Crippen LogP contribution is -3.11. The van der Waals surface area contributed by atoms with E-state index >= 15 is 0 Å². The van der Waals surface area contributed by atoms with Crippen LogP contribution in [0.5, 0.6) is 0 Å². The van der Waals surface area contributed by atoms with Gasteiger partial charge in [-0.05, 0) is 36.8 Å². The van der Waals surface area contributed by atoms with Gasteiger partial charge in [0, 0.05) is 43.9 Å². The van der Waals surface area contributed by atoms with Gasteiger partial charge in [-0.25, -0.2) is 0 Å². The number of aryl methyl sites for hydroxylation is 1. The average Bonchev–Trinajstić information content (AvgIpc) is 3.23. The minimum Gasteiger partial charge on any atom is -0.378 e. The maximum absolute atomic E-state index is 12.4. The molecule has 0 aromatic heterocycles. The Morgan fingerprint density at radius 2 is 1.72 bits per heavy atom. The molecule has 3 N–H and O–H groups in total. The topological polar surface area (TPSA) is 65.9 Å². The van der Waals surface area contributed by atoms with Crippen molar-refractivity contribution in [3.63, 3.8) is 0 Å². The van der Waals surface area contributed by atoms with Crippen molar-refractivity contribution in [2.45, 2.75) is 25.8 Å². The van der Waals surface area contributed by atoms with Gasteiger partial charge in [-0.1, -0.05) is 24.3 Å². The Kier molecular flexibility index (Phi) is 6.88. The molecule has 6 heteroatoms. The van der Waals surface area contributed by atoms with Gasteiger partial charge in [-0.3, -0.25) is 9.59 Å². The molecule has 2 aromatic carbocycles. The summed E-state index contributed by atoms with van der Waals surface area (Å²) in [6.07, 6.45) is 2.40. The van der Waals surface area contributed by atoms with Crippen LogP contribution in [0.15, 0.2) is 48.5 Å². The summed E-state index contributed by atoms with van der Waals surface area (Å²) < 4.78 is 0. The largest absolute Gasteiger partial charge is 0.378 e. The minimum atomic E-state index is -0.631. The molecule has 1 atom stereocenters. The summed E-state index contributed by atoms with van der Waals surface area (Å²) >= 11 is 0. The SMILES string of the molecule is Cc1cccc(NC(=O)C(=O)NC[C@@H](c2ccc(N(C)C)cc2)[NH+]2CCCC2)c1. The van der Waals surface area contributed by atoms with Crippen LogP contribution in [0.1, 0.15) is 30.0 Å². The van der Waals surface area contributed by atoms with E-state index in [0.29, 0.717) is 12.2 Å². The van der Waals surface area contributed by atoms with E-state index in [1.165, 1.54) is 23.3 Å². The van der Waals surface area contributed by atoms with Crippen LogP contribution in [0.25, 0.3) is 0 Å². The van der Waals surface area contributed by atoms with Crippen molar-refractivity contribution in [2.24, 2.45) is 0 Å². The van der Waals surface area contributed by atoms with Crippen molar-refractivity contribution in [2.75, 3.05) is 43.9 Å². The lowest BCUT2D eigenvalue weighted by Gasteiger charge is -2.25. The van der Waals surface area contributed by atoms with Gasteiger partial charge in [0.15, 0.2) is 0 Å². The van der Waals surface area contributed by atoms with Crippen LogP contribution in [-0.2, 0) is 9.59 Å². The highest BCUT2D eigenvalue weighted by Gasteiger charge is 2.28. The van der Waals surface area contributed by atoms with E-state index in [0.717, 1.165) is 24.3 Å². The molecular weight excluding hydrogens is 364 g/mol. The number of hydrogen-bond acceptors (Lipinski definition) is 3. The van der Waals surface area contributed by atoms with Gasteiger partial charge in [0.1, 0.15) is 6.04 Å². The first-order valence-corrected chi connectivity index (χ1v) is 10.2. The predicted octanol–water partition coefficient (Wildman–Crippen LogP) is 1.54. The normalized spacial score (nSPS) is 15.0. The molecule has 0 radical (unpaired) electrons. The summed E-state index contributed by atoms with van der Waals surface area (Å²) in [6.45, 7) is 4.56. The number of carbonyl (C=O) groups excluding carboxylic acids is 2. The second kappa shape index (κ2) is 9.56. The van der Waals surface area contributed by atoms with E-state index in [1.54, 1.807) is 6.07 Å². The molecule has 29 heavy (non-hydrogen) atoms. The van der Waals surface area contributed by atoms with Crippen molar-refractivity contribution in [3.8, 4) is 0 Å². The van der Waals surface area contributed by atoms with Crippen molar-refractivity contribution in [1.82, 2.24) is 5.32 Å². The molecule has 2 amide bonds. The second-order valence-electron chi connectivity index (χ2n) is 7.94. The fraction of sp³-hybridized carbons (Fsp3) is 0.391. The van der Waals surface area contributed by atoms with E-state index in [9.17, 15) is 9.59 Å². The van der Waals surface area contributed by atoms with Gasteiger partial charge in [0.05, 0.1) is 19.6 Å². The number of anilines is 2. The van der Waals surface area contributed by atoms with E-state index in [2.05, 4.69) is 39.8 Å². The number of nitrogens with one attached hydrogen (secondary N) is 3. The van der Waals surface area contributed by atoms with Crippen LogP contribution in [0.3, 0.4) is 0 Å². The highest BCUT2D eigenvalue weighted by molar-refractivity contribution is 6.39. The number of benzene rings is 2. The quantitative estimate of drug-likeness (QED) is 0.650. The molecule has 3 rings (SSSR count). The highest BCUT2D eigenvalue weighted by Crippen LogP contribution is 2.17. The van der Waals surface area contributed by atoms with Gasteiger partial charge in [-0.15, -0.1) is 0 Å². The number of hydrogen-bond donors (Lipinski definition) is 3. The zero-order valence-corrected chi connectivity index (χ0v) is 17.5. The molecule has 0 aliphatic carbocycles. The Hall–Kier alpha value is -2.86. The summed E-state index contributed by atoms with van der Waals surface area (Å²) in [5, 5.41) is 5.52. The van der Waals surface area contributed by atoms with E-state index in [4.69, 9.17) is 0 Å². The highest BCUT2D eigenvalue weighted by atomic mass is 16.2. The summed E-state index contributed by atoms with van der Waals surface area (Å²) in [5.41, 5.74) is 3.99. The van der Waals surface area contributed by atoms with Crippen molar-refractivity contribution in [1.29, 1.82) is 0 Å². The predicted molar refractivity (Wildman–Crippen MR) is 116 cm³/mol. The number of carbonyl (C=O) groups is 2. The van der Waals surface area contributed by atoms with Gasteiger partial charge in [0.2, 0.25) is 0 Å². The third-order valence-electron chi connectivity index (χ3n) is 5.50. The number of quaternary nitrogens is 1. The zero-order chi connectivity index (χ0) is 20.8. The molecule has 1 aliphatic heterocycles. The molecule has 1 saturated heterocycles. The molecule has 1 heterocycles. The molecule has 2 aromatic rings. The first-order valence-electron chi connectivity index (χ1n) is 10.2. The Morgan fingerprint density at radius 3 is 2.34 bits per heavy atom. The van der Waals surface area contributed by atoms with Crippen LogP contribution in [-0.4, -0.2) is 45.5 Å². The maximum Gasteiger partial charge on any atom is 0.313 e. The van der Waals surface area contributed by atoms with E-state index in [1.807, 2.05) is 39.2 Å². The molecule has 6 nitrogen and oxygen atoms in total. The molecule has 0 saturated carbocycles. The van der Waals surface area contributed by atoms with Crippen molar-refractivity contribution in [3.05, 3.63) is 59.7 Å². The van der Waals surface area contributed by atoms with Crippen LogP contribution in [0.2, 0.25) is 0 Å². The second-order valence-corrected chi connectivity index (χ2v) is 7.94. The molecule has 1 aliphatic rings. The van der Waals surface area contributed by atoms with Gasteiger partial charge in [-0.2, -0.15) is 0 Å². The summed E-state index contributed by atoms with van der Waals surface area (Å²) in [6, 6.07) is 16.0. The average molecular weight is 396 g/mol. The summed E-state index contributed by atoms with van der Waals surface area (Å²) in [7, 11) is 4.04. The lowest BCUT2D eigenvalue weighted by atomic mass is 10.0. The maximum atomic E-state index is 12.4. The summed E-state index contributed by atoms with van der Waals surface area (Å²) in [5.74, 6) is -1.23. The molecule has 0 spiro atoms. The van der Waals surface area contributed by atoms with Gasteiger partial charge >= 0.3 is 11.8 Å². The first-order chi connectivity index (χ1) is 13.9. The number of likely N-dealkylation sites (tertiary alicyclic amines) is 1. The molecule has 0 bridgehead atoms. The van der Waals surface area contributed by atoms with Crippen LogP contribution in [0.4, 0.5) is 11.4 Å². The molecule has 154 valence electrons. The Morgan fingerprint density at radius 1 is 1.03 bits per heavy atom. The smallest absolute Gasteiger partial charge is 0.313 e. The van der Waals surface area contributed by atoms with Crippen LogP contribution >= 0.6 is 0 Å². The standard InChI is InChI=1S/C23H30N4O2/c1-17-7-6-8-19(15-17)25-23(29)22(28)24-16-21(27-13-4-5-14-27)18-9-11-20(12-10-18)26(2)3/h6-12,15,21H,4-5,13-14,16H2,1-3H3,(H,24,28)(H,25,29)/p+1/t21-/m0/s1. The van der Waals surface area contributed by atoms with E-state index < -0.39 is 11.8 Å². The van der Waals surface area contributed by atoms with Gasteiger partial charge in [0.25, 0.3) is 0 Å². The molecule has 0 unspecified atom stereocenters. The fourth-order valence-corrected chi connectivity index (χ4v) is 3.87. The molecule has 1 fully saturated rings. The minimum absolute atomic E-state index is 0.143. The monoisotopic (exact) mass is 395 g/mol. The number of rotatable bonds is 6. The first kappa shape index (κ1) is 20.9. The van der Waals surface area contributed by atoms with Crippen LogP contribution < -0.4 is 20.4 Å². The Bertz CT molecular complexity index is 842. The Labute approximate surface area is 172 Å². The van der Waals surface area contributed by atoms with Crippen molar-refractivity contribution >= 4 is 23.2 Å². The third kappa shape index (κ3) is 5.57. The lowest BCUT2D eigenvalue weighted by molar-refractivity contribution is -0.918. The number of amides is 2. The van der Waals surface area contributed by atoms with Crippen molar-refractivity contribution < 1.29 is 14.5 Å². The fourth-order valence-electron chi connectivity index (χ4n) is 3.87. The third-order valence-corrected chi connectivity index (χ3v) is 5.50. The van der Waals surface area contributed by atoms with Crippen LogP contribution in [0, 0.1) is 6.92 Å². The summed E-state index contributed by atoms with van der Waals surface area (Å²) in [4.78, 5) is 28.2. The molecular formula is C23H31N4O2+. The zero-order valence-electron chi connectivity index (χ0n) is 17.5. The Balaban J connectivity index is 1.64.